The fourth-order valence-electron chi connectivity index (χ4n) is 5.15. The van der Waals surface area contributed by atoms with Gasteiger partial charge in [-0.15, -0.1) is 0 Å². The lowest BCUT2D eigenvalue weighted by molar-refractivity contribution is 0.00158. The number of pyridine rings is 1. The van der Waals surface area contributed by atoms with Crippen LogP contribution in [0.1, 0.15) is 56.8 Å². The van der Waals surface area contributed by atoms with E-state index in [1.54, 1.807) is 24.4 Å². The van der Waals surface area contributed by atoms with Crippen molar-refractivity contribution < 1.29 is 23.5 Å². The van der Waals surface area contributed by atoms with E-state index in [0.717, 1.165) is 23.2 Å². The Hall–Kier alpha value is -3.58. The zero-order chi connectivity index (χ0) is 23.3. The lowest BCUT2D eigenvalue weighted by Gasteiger charge is -2.21. The lowest BCUT2D eigenvalue weighted by Crippen LogP contribution is -2.29. The van der Waals surface area contributed by atoms with E-state index < -0.39 is 17.0 Å². The van der Waals surface area contributed by atoms with E-state index in [0.29, 0.717) is 37.1 Å². The normalized spacial score (nSPS) is 21.9. The number of rotatable bonds is 6. The van der Waals surface area contributed by atoms with Crippen LogP contribution in [0, 0.1) is 5.82 Å². The van der Waals surface area contributed by atoms with Crippen LogP contribution < -0.4 is 10.1 Å². The molecule has 1 N–H and O–H groups in total. The molecule has 2 aromatic carbocycles. The Balaban J connectivity index is 1.25. The van der Waals surface area contributed by atoms with E-state index in [9.17, 15) is 14.0 Å². The first-order valence-corrected chi connectivity index (χ1v) is 11.5. The molecule has 1 saturated heterocycles. The number of esters is 1. The van der Waals surface area contributed by atoms with Gasteiger partial charge in [0.1, 0.15) is 23.9 Å². The second kappa shape index (κ2) is 7.74. The molecule has 34 heavy (non-hydrogen) atoms. The van der Waals surface area contributed by atoms with Gasteiger partial charge in [0, 0.05) is 24.7 Å². The average Bonchev–Trinajstić information content (AvgIpc) is 3.45. The lowest BCUT2D eigenvalue weighted by atomic mass is 9.85. The molecule has 6 rings (SSSR count). The van der Waals surface area contributed by atoms with E-state index in [1.807, 2.05) is 24.3 Å². The zero-order valence-corrected chi connectivity index (χ0v) is 18.5. The Labute approximate surface area is 196 Å². The molecule has 1 saturated carbocycles. The summed E-state index contributed by atoms with van der Waals surface area (Å²) in [6.45, 7) is 1.56. The smallest absolute Gasteiger partial charge is 0.341 e. The summed E-state index contributed by atoms with van der Waals surface area (Å²) >= 11 is 0. The van der Waals surface area contributed by atoms with E-state index in [-0.39, 0.29) is 23.9 Å². The fourth-order valence-corrected chi connectivity index (χ4v) is 5.15. The van der Waals surface area contributed by atoms with E-state index in [1.165, 1.54) is 12.1 Å². The summed E-state index contributed by atoms with van der Waals surface area (Å²) in [6, 6.07) is 15.5. The van der Waals surface area contributed by atoms with E-state index >= 15 is 0 Å². The summed E-state index contributed by atoms with van der Waals surface area (Å²) in [5.74, 6) is -0.273. The molecule has 0 amide bonds. The van der Waals surface area contributed by atoms with Gasteiger partial charge in [0.2, 0.25) is 0 Å². The number of Topliss-reactive ketones (excluding diaryl/α,β-unsaturated/α-hetero) is 1. The number of halogens is 1. The van der Waals surface area contributed by atoms with E-state index in [4.69, 9.17) is 9.47 Å². The Kier molecular flexibility index (Phi) is 4.78. The summed E-state index contributed by atoms with van der Waals surface area (Å²) in [5, 5.41) is 3.25. The van der Waals surface area contributed by atoms with Gasteiger partial charge in [-0.1, -0.05) is 24.3 Å². The average molecular weight is 458 g/mol. The molecule has 1 spiro atoms. The molecular formula is C27H23FN2O4. The van der Waals surface area contributed by atoms with Gasteiger partial charge < -0.3 is 14.8 Å². The van der Waals surface area contributed by atoms with Gasteiger partial charge >= 0.3 is 5.97 Å². The minimum absolute atomic E-state index is 0.141. The number of ether oxygens (including phenoxy) is 2. The van der Waals surface area contributed by atoms with Crippen molar-refractivity contribution >= 4 is 11.8 Å². The van der Waals surface area contributed by atoms with Crippen LogP contribution >= 0.6 is 0 Å². The van der Waals surface area contributed by atoms with Crippen molar-refractivity contribution in [2.75, 3.05) is 13.1 Å². The Morgan fingerprint density at radius 3 is 2.65 bits per heavy atom. The van der Waals surface area contributed by atoms with Crippen molar-refractivity contribution in [1.29, 1.82) is 0 Å². The highest BCUT2D eigenvalue weighted by atomic mass is 19.1. The first-order chi connectivity index (χ1) is 16.5. The monoisotopic (exact) mass is 458 g/mol. The second-order valence-corrected chi connectivity index (χ2v) is 9.25. The third kappa shape index (κ3) is 3.30. The van der Waals surface area contributed by atoms with Gasteiger partial charge in [0.05, 0.1) is 11.0 Å². The molecule has 0 bridgehead atoms. The number of carbonyl (C=O) groups excluding carboxylic acids is 2. The largest absolute Gasteiger partial charge is 0.489 e. The molecule has 3 heterocycles. The highest BCUT2D eigenvalue weighted by molar-refractivity contribution is 6.12. The molecule has 0 radical (unpaired) electrons. The minimum atomic E-state index is -0.693. The maximum Gasteiger partial charge on any atom is 0.341 e. The minimum Gasteiger partial charge on any atom is -0.489 e. The Morgan fingerprint density at radius 1 is 1.12 bits per heavy atom. The first-order valence-electron chi connectivity index (χ1n) is 11.5. The molecule has 0 unspecified atom stereocenters. The van der Waals surface area contributed by atoms with Gasteiger partial charge in [0.15, 0.2) is 11.4 Å². The standard InChI is InChI=1S/C27H23FN2O4/c28-19-3-1-2-17(14-19)15-33-20-6-4-18(5-7-20)26(9-10-26)24(31)23-22-21(8-12-30-23)27(34-25(22)32)11-13-29-16-27/h1-8,12,14,29H,9-11,13,15-16H2/t27-/m0/s1. The number of hydrogen-bond acceptors (Lipinski definition) is 6. The molecule has 1 atom stereocenters. The van der Waals surface area contributed by atoms with Crippen molar-refractivity contribution in [3.63, 3.8) is 0 Å². The SMILES string of the molecule is O=C1O[C@]2(CCNC2)c2ccnc(C(=O)C3(c4ccc(OCc5cccc(F)c5)cc4)CC3)c21. The summed E-state index contributed by atoms with van der Waals surface area (Å²) in [5.41, 5.74) is 1.52. The molecule has 3 aromatic rings. The molecule has 3 aliphatic rings. The van der Waals surface area contributed by atoms with Gasteiger partial charge in [-0.2, -0.15) is 0 Å². The molecule has 2 fully saturated rings. The Morgan fingerprint density at radius 2 is 1.94 bits per heavy atom. The van der Waals surface area contributed by atoms with Crippen LogP contribution in [-0.4, -0.2) is 29.8 Å². The number of nitrogens with zero attached hydrogens (tertiary/aromatic N) is 1. The highest BCUT2D eigenvalue weighted by Crippen LogP contribution is 2.52. The second-order valence-electron chi connectivity index (χ2n) is 9.25. The molecule has 2 aliphatic heterocycles. The summed E-state index contributed by atoms with van der Waals surface area (Å²) in [4.78, 5) is 30.9. The maximum atomic E-state index is 13.7. The van der Waals surface area contributed by atoms with Gasteiger partial charge in [-0.3, -0.25) is 9.78 Å². The maximum absolute atomic E-state index is 13.7. The topological polar surface area (TPSA) is 77.5 Å². The van der Waals surface area contributed by atoms with Crippen LogP contribution in [-0.2, 0) is 22.4 Å². The molecule has 1 aromatic heterocycles. The van der Waals surface area contributed by atoms with Crippen LogP contribution in [0.25, 0.3) is 0 Å². The fraction of sp³-hybridized carbons (Fsp3) is 0.296. The van der Waals surface area contributed by atoms with Crippen LogP contribution in [0.15, 0.2) is 60.8 Å². The van der Waals surface area contributed by atoms with Crippen molar-refractivity contribution in [3.05, 3.63) is 94.6 Å². The molecule has 172 valence electrons. The number of ketones is 1. The predicted octanol–water partition coefficient (Wildman–Crippen LogP) is 4.07. The van der Waals surface area contributed by atoms with Gasteiger partial charge in [0.25, 0.3) is 0 Å². The van der Waals surface area contributed by atoms with Gasteiger partial charge in [-0.05, 0) is 60.8 Å². The number of nitrogens with one attached hydrogen (secondary N) is 1. The third-order valence-electron chi connectivity index (χ3n) is 7.15. The van der Waals surface area contributed by atoms with Crippen LogP contribution in [0.2, 0.25) is 0 Å². The molecule has 7 heteroatoms. The summed E-state index contributed by atoms with van der Waals surface area (Å²) < 4.78 is 24.9. The highest BCUT2D eigenvalue weighted by Gasteiger charge is 2.55. The summed E-state index contributed by atoms with van der Waals surface area (Å²) in [7, 11) is 0. The van der Waals surface area contributed by atoms with Crippen LogP contribution in [0.3, 0.4) is 0 Å². The van der Waals surface area contributed by atoms with Crippen molar-refractivity contribution in [3.8, 4) is 5.75 Å². The van der Waals surface area contributed by atoms with Crippen molar-refractivity contribution in [1.82, 2.24) is 10.3 Å². The molecular weight excluding hydrogens is 435 g/mol. The number of aromatic nitrogens is 1. The molecule has 1 aliphatic carbocycles. The zero-order valence-electron chi connectivity index (χ0n) is 18.5. The van der Waals surface area contributed by atoms with Gasteiger partial charge in [-0.25, -0.2) is 9.18 Å². The number of fused-ring (bicyclic) bond motifs is 2. The number of benzene rings is 2. The number of carbonyl (C=O) groups is 2. The van der Waals surface area contributed by atoms with Crippen LogP contribution in [0.4, 0.5) is 4.39 Å². The summed E-state index contributed by atoms with van der Waals surface area (Å²) in [6.07, 6.45) is 3.68. The quantitative estimate of drug-likeness (QED) is 0.443. The third-order valence-corrected chi connectivity index (χ3v) is 7.15. The van der Waals surface area contributed by atoms with Crippen molar-refractivity contribution in [2.24, 2.45) is 0 Å². The van der Waals surface area contributed by atoms with E-state index in [2.05, 4.69) is 10.3 Å². The first kappa shape index (κ1) is 21.0. The molecule has 6 nitrogen and oxygen atoms in total. The Bertz CT molecular complexity index is 1290. The number of hydrogen-bond donors (Lipinski definition) is 1. The van der Waals surface area contributed by atoms with Crippen LogP contribution in [0.5, 0.6) is 5.75 Å². The predicted molar refractivity (Wildman–Crippen MR) is 121 cm³/mol. The van der Waals surface area contributed by atoms with Crippen molar-refractivity contribution in [2.45, 2.75) is 36.9 Å².